The Morgan fingerprint density at radius 1 is 0.404 bits per heavy atom. The van der Waals surface area contributed by atoms with Crippen LogP contribution < -0.4 is 0 Å². The Bertz CT molecular complexity index is 2400. The second kappa shape index (κ2) is 10.6. The molecule has 2 heteroatoms. The van der Waals surface area contributed by atoms with Crippen molar-refractivity contribution < 1.29 is 0 Å². The molecule has 0 amide bonds. The van der Waals surface area contributed by atoms with Crippen molar-refractivity contribution in [1.29, 1.82) is 0 Å². The van der Waals surface area contributed by atoms with E-state index in [4.69, 9.17) is 9.97 Å². The first kappa shape index (κ1) is 27.5. The Morgan fingerprint density at radius 3 is 1.40 bits per heavy atom. The standard InChI is InChI=1S/C45H32N2/c1-45(2)38-28-32(40-35-24-14-12-22-33(35)39(29-16-6-3-7-17-29)34-23-13-15-25-36(34)40)26-27-37(38)43-41(45)42(30-18-8-4-9-19-30)46-44(47-43)31-20-10-5-11-21-31/h3-28H,1-2H3. The fourth-order valence-electron chi connectivity index (χ4n) is 7.68. The van der Waals surface area contributed by atoms with Crippen LogP contribution in [0.1, 0.15) is 25.0 Å². The number of fused-ring (bicyclic) bond motifs is 5. The Kier molecular flexibility index (Phi) is 6.20. The largest absolute Gasteiger partial charge is 0.228 e. The van der Waals surface area contributed by atoms with Gasteiger partial charge in [-0.15, -0.1) is 0 Å². The molecule has 0 N–H and O–H groups in total. The Labute approximate surface area is 275 Å². The van der Waals surface area contributed by atoms with E-state index in [1.54, 1.807) is 0 Å². The van der Waals surface area contributed by atoms with Crippen molar-refractivity contribution in [1.82, 2.24) is 9.97 Å². The maximum Gasteiger partial charge on any atom is 0.160 e. The van der Waals surface area contributed by atoms with Crippen molar-refractivity contribution in [3.8, 4) is 56.2 Å². The van der Waals surface area contributed by atoms with E-state index in [1.165, 1.54) is 60.5 Å². The van der Waals surface area contributed by atoms with E-state index >= 15 is 0 Å². The zero-order valence-corrected chi connectivity index (χ0v) is 26.4. The van der Waals surface area contributed by atoms with Crippen molar-refractivity contribution in [2.45, 2.75) is 19.3 Å². The maximum absolute atomic E-state index is 5.28. The Hall–Kier alpha value is -5.86. The highest BCUT2D eigenvalue weighted by atomic mass is 14.9. The summed E-state index contributed by atoms with van der Waals surface area (Å²) < 4.78 is 0. The molecule has 1 aliphatic rings. The number of aromatic nitrogens is 2. The van der Waals surface area contributed by atoms with Crippen LogP contribution in [-0.4, -0.2) is 9.97 Å². The SMILES string of the molecule is CC1(C)c2cc(-c3c4ccccc4c(-c4ccccc4)c4ccccc34)ccc2-c2nc(-c3ccccc3)nc(-c3ccccc3)c21. The maximum atomic E-state index is 5.28. The molecule has 222 valence electrons. The molecule has 2 nitrogen and oxygen atoms in total. The van der Waals surface area contributed by atoms with Crippen molar-refractivity contribution in [3.05, 3.63) is 169 Å². The van der Waals surface area contributed by atoms with Crippen LogP contribution in [0.3, 0.4) is 0 Å². The molecule has 0 atom stereocenters. The number of rotatable bonds is 4. The summed E-state index contributed by atoms with van der Waals surface area (Å²) in [5.41, 5.74) is 12.5. The summed E-state index contributed by atoms with van der Waals surface area (Å²) in [4.78, 5) is 10.5. The lowest BCUT2D eigenvalue weighted by Gasteiger charge is -2.24. The molecule has 7 aromatic carbocycles. The highest BCUT2D eigenvalue weighted by molar-refractivity contribution is 6.21. The lowest BCUT2D eigenvalue weighted by atomic mass is 9.79. The van der Waals surface area contributed by atoms with E-state index in [0.29, 0.717) is 0 Å². The van der Waals surface area contributed by atoms with Crippen LogP contribution in [0.15, 0.2) is 158 Å². The van der Waals surface area contributed by atoms with E-state index < -0.39 is 0 Å². The van der Waals surface area contributed by atoms with Crippen molar-refractivity contribution in [2.75, 3.05) is 0 Å². The van der Waals surface area contributed by atoms with Gasteiger partial charge >= 0.3 is 0 Å². The first-order chi connectivity index (χ1) is 23.1. The van der Waals surface area contributed by atoms with E-state index in [9.17, 15) is 0 Å². The van der Waals surface area contributed by atoms with Crippen LogP contribution in [0.5, 0.6) is 0 Å². The number of benzene rings is 7. The van der Waals surface area contributed by atoms with Crippen LogP contribution in [0.4, 0.5) is 0 Å². The van der Waals surface area contributed by atoms with Crippen LogP contribution >= 0.6 is 0 Å². The summed E-state index contributed by atoms with van der Waals surface area (Å²) in [6.45, 7) is 4.66. The fraction of sp³-hybridized carbons (Fsp3) is 0.0667. The van der Waals surface area contributed by atoms with Crippen molar-refractivity contribution >= 4 is 21.5 Å². The second-order valence-electron chi connectivity index (χ2n) is 12.9. The molecule has 1 aromatic heterocycles. The molecule has 0 saturated carbocycles. The first-order valence-corrected chi connectivity index (χ1v) is 16.3. The highest BCUT2D eigenvalue weighted by Crippen LogP contribution is 2.53. The summed E-state index contributed by atoms with van der Waals surface area (Å²) in [7, 11) is 0. The van der Waals surface area contributed by atoms with Gasteiger partial charge in [-0.2, -0.15) is 0 Å². The number of nitrogens with zero attached hydrogens (tertiary/aromatic N) is 2. The van der Waals surface area contributed by atoms with Gasteiger partial charge in [0, 0.05) is 27.7 Å². The van der Waals surface area contributed by atoms with E-state index in [-0.39, 0.29) is 5.41 Å². The molecule has 9 rings (SSSR count). The molecule has 47 heavy (non-hydrogen) atoms. The van der Waals surface area contributed by atoms with Gasteiger partial charge in [-0.1, -0.05) is 166 Å². The summed E-state index contributed by atoms with van der Waals surface area (Å²) >= 11 is 0. The topological polar surface area (TPSA) is 25.8 Å². The Morgan fingerprint density at radius 2 is 0.851 bits per heavy atom. The normalized spacial score (nSPS) is 13.1. The Balaban J connectivity index is 1.31. The van der Waals surface area contributed by atoms with Gasteiger partial charge in [0.15, 0.2) is 5.82 Å². The third kappa shape index (κ3) is 4.26. The molecule has 0 aliphatic heterocycles. The highest BCUT2D eigenvalue weighted by Gasteiger charge is 2.40. The van der Waals surface area contributed by atoms with Gasteiger partial charge in [0.2, 0.25) is 0 Å². The van der Waals surface area contributed by atoms with Crippen LogP contribution in [0, 0.1) is 0 Å². The minimum Gasteiger partial charge on any atom is -0.228 e. The molecule has 0 radical (unpaired) electrons. The minimum absolute atomic E-state index is 0.309. The van der Waals surface area contributed by atoms with Crippen LogP contribution in [0.2, 0.25) is 0 Å². The third-order valence-electron chi connectivity index (χ3n) is 9.84. The molecular weight excluding hydrogens is 569 g/mol. The zero-order valence-electron chi connectivity index (χ0n) is 26.4. The first-order valence-electron chi connectivity index (χ1n) is 16.3. The fourth-order valence-corrected chi connectivity index (χ4v) is 7.68. The predicted octanol–water partition coefficient (Wildman–Crippen LogP) is 11.8. The van der Waals surface area contributed by atoms with Crippen molar-refractivity contribution in [2.24, 2.45) is 0 Å². The number of hydrogen-bond donors (Lipinski definition) is 0. The molecule has 0 saturated heterocycles. The summed E-state index contributed by atoms with van der Waals surface area (Å²) in [5.74, 6) is 0.754. The van der Waals surface area contributed by atoms with E-state index in [2.05, 4.69) is 166 Å². The molecule has 8 aromatic rings. The van der Waals surface area contributed by atoms with Crippen LogP contribution in [0.25, 0.3) is 77.7 Å². The molecular formula is C45H32N2. The summed E-state index contributed by atoms with van der Waals surface area (Å²) in [6, 6.07) is 56.4. The van der Waals surface area contributed by atoms with Gasteiger partial charge in [-0.05, 0) is 55.4 Å². The molecule has 0 bridgehead atoms. The van der Waals surface area contributed by atoms with Gasteiger partial charge in [0.1, 0.15) is 0 Å². The predicted molar refractivity (Wildman–Crippen MR) is 196 cm³/mol. The van der Waals surface area contributed by atoms with E-state index in [0.717, 1.165) is 28.3 Å². The smallest absolute Gasteiger partial charge is 0.160 e. The van der Waals surface area contributed by atoms with Gasteiger partial charge in [0.25, 0.3) is 0 Å². The zero-order chi connectivity index (χ0) is 31.5. The monoisotopic (exact) mass is 600 g/mol. The number of hydrogen-bond acceptors (Lipinski definition) is 2. The molecule has 0 unspecified atom stereocenters. The summed E-state index contributed by atoms with van der Waals surface area (Å²) in [5, 5.41) is 5.05. The average molecular weight is 601 g/mol. The van der Waals surface area contributed by atoms with Gasteiger partial charge < -0.3 is 0 Å². The minimum atomic E-state index is -0.309. The van der Waals surface area contributed by atoms with E-state index in [1.807, 2.05) is 6.07 Å². The molecule has 1 heterocycles. The molecule has 0 fully saturated rings. The van der Waals surface area contributed by atoms with Gasteiger partial charge in [-0.3, -0.25) is 0 Å². The van der Waals surface area contributed by atoms with Gasteiger partial charge in [-0.25, -0.2) is 9.97 Å². The quantitative estimate of drug-likeness (QED) is 0.188. The lowest BCUT2D eigenvalue weighted by Crippen LogP contribution is -2.17. The molecule has 1 aliphatic carbocycles. The van der Waals surface area contributed by atoms with Gasteiger partial charge in [0.05, 0.1) is 11.4 Å². The summed E-state index contributed by atoms with van der Waals surface area (Å²) in [6.07, 6.45) is 0. The lowest BCUT2D eigenvalue weighted by molar-refractivity contribution is 0.658. The van der Waals surface area contributed by atoms with Crippen LogP contribution in [-0.2, 0) is 5.41 Å². The third-order valence-corrected chi connectivity index (χ3v) is 9.84. The van der Waals surface area contributed by atoms with Crippen molar-refractivity contribution in [3.63, 3.8) is 0 Å². The second-order valence-corrected chi connectivity index (χ2v) is 12.9. The molecule has 0 spiro atoms. The average Bonchev–Trinajstić information content (AvgIpc) is 3.36.